The first kappa shape index (κ1) is 23.8. The van der Waals surface area contributed by atoms with E-state index >= 15 is 0 Å². The van der Waals surface area contributed by atoms with E-state index in [2.05, 4.69) is 0 Å². The molecule has 0 heterocycles. The molecule has 12 heteroatoms. The van der Waals surface area contributed by atoms with Crippen molar-refractivity contribution in [3.05, 3.63) is 51.3 Å². The van der Waals surface area contributed by atoms with E-state index in [-0.39, 0.29) is 72.9 Å². The maximum Gasteiger partial charge on any atom is 0.0888 e. The molecule has 0 aromatic heterocycles. The van der Waals surface area contributed by atoms with Gasteiger partial charge in [-0.25, -0.2) is 4.21 Å². The van der Waals surface area contributed by atoms with Gasteiger partial charge in [0.15, 0.2) is 0 Å². The lowest BCUT2D eigenvalue weighted by molar-refractivity contribution is 0.682. The van der Waals surface area contributed by atoms with Crippen LogP contribution in [0.5, 0.6) is 0 Å². The first-order chi connectivity index (χ1) is 12.1. The highest BCUT2D eigenvalue weighted by Gasteiger charge is 2.30. The lowest BCUT2D eigenvalue weighted by atomic mass is 10.2. The summed E-state index contributed by atoms with van der Waals surface area (Å²) >= 11 is 61.1. The summed E-state index contributed by atoms with van der Waals surface area (Å²) in [7, 11) is -2.04. The van der Waals surface area contributed by atoms with Crippen molar-refractivity contribution in [3.63, 3.8) is 0 Å². The van der Waals surface area contributed by atoms with Gasteiger partial charge in [0.25, 0.3) is 0 Å². The van der Waals surface area contributed by atoms with Crippen molar-refractivity contribution in [2.75, 3.05) is 0 Å². The van der Waals surface area contributed by atoms with Crippen LogP contribution in [0.25, 0.3) is 0 Å². The fourth-order valence-electron chi connectivity index (χ4n) is 2.04. The molecule has 0 N–H and O–H groups in total. The van der Waals surface area contributed by atoms with Crippen LogP contribution in [-0.2, 0) is 22.6 Å². The summed E-state index contributed by atoms with van der Waals surface area (Å²) < 4.78 is 13.4. The summed E-state index contributed by atoms with van der Waals surface area (Å²) in [6.45, 7) is 0. The van der Waals surface area contributed by atoms with Crippen LogP contribution in [0.1, 0.15) is 11.1 Å². The van der Waals surface area contributed by atoms with Crippen molar-refractivity contribution < 1.29 is 4.21 Å². The lowest BCUT2D eigenvalue weighted by Crippen LogP contribution is -2.05. The van der Waals surface area contributed by atoms with E-state index in [1.54, 1.807) is 0 Å². The Bertz CT molecular complexity index is 854. The number of rotatable bonds is 4. The van der Waals surface area contributed by atoms with E-state index in [0.29, 0.717) is 0 Å². The summed E-state index contributed by atoms with van der Waals surface area (Å²) in [5, 5.41) is -0.308. The van der Waals surface area contributed by atoms with Crippen molar-refractivity contribution in [1.29, 1.82) is 0 Å². The Morgan fingerprint density at radius 2 is 0.769 bits per heavy atom. The quantitative estimate of drug-likeness (QED) is 0.202. The van der Waals surface area contributed by atoms with Gasteiger partial charge in [-0.05, 0) is 0 Å². The monoisotopic (exact) mass is 570 g/mol. The molecule has 0 aliphatic heterocycles. The molecule has 142 valence electrons. The molecule has 26 heavy (non-hydrogen) atoms. The van der Waals surface area contributed by atoms with Gasteiger partial charge >= 0.3 is 0 Å². The zero-order valence-electron chi connectivity index (χ0n) is 12.0. The second kappa shape index (κ2) is 9.53. The maximum atomic E-state index is 13.4. The van der Waals surface area contributed by atoms with Crippen LogP contribution in [-0.4, -0.2) is 4.21 Å². The van der Waals surface area contributed by atoms with Gasteiger partial charge in [-0.15, -0.1) is 23.2 Å². The van der Waals surface area contributed by atoms with Crippen molar-refractivity contribution >= 4 is 127 Å². The fraction of sp³-hybridized carbons (Fsp3) is 0.143. The largest absolute Gasteiger partial charge is 0.249 e. The zero-order valence-corrected chi connectivity index (χ0v) is 20.4. The highest BCUT2D eigenvalue weighted by Crippen LogP contribution is 2.48. The number of hydrogen-bond donors (Lipinski definition) is 0. The second-order valence-electron chi connectivity index (χ2n) is 4.66. The minimum Gasteiger partial charge on any atom is -0.249 e. The molecule has 0 fully saturated rings. The predicted octanol–water partition coefficient (Wildman–Crippen LogP) is 9.56. The summed E-state index contributed by atoms with van der Waals surface area (Å²) in [5.41, 5.74) is 0.453. The number of hydrogen-bond acceptors (Lipinski definition) is 1. The van der Waals surface area contributed by atoms with Crippen molar-refractivity contribution in [1.82, 2.24) is 0 Å². The molecule has 0 bridgehead atoms. The number of halogens is 10. The molecular weight excluding hydrogens is 571 g/mol. The first-order valence-electron chi connectivity index (χ1n) is 6.33. The summed E-state index contributed by atoms with van der Waals surface area (Å²) in [4.78, 5) is 0.0626. The summed E-state index contributed by atoms with van der Waals surface area (Å²) in [5.74, 6) is -0.279. The van der Waals surface area contributed by atoms with E-state index in [9.17, 15) is 4.21 Å². The minimum absolute atomic E-state index is 0.00873. The Morgan fingerprint density at radius 1 is 0.500 bits per heavy atom. The minimum atomic E-state index is -2.04. The molecule has 0 unspecified atom stereocenters. The van der Waals surface area contributed by atoms with Crippen LogP contribution < -0.4 is 0 Å². The maximum absolute atomic E-state index is 13.4. The average molecular weight is 575 g/mol. The molecule has 0 radical (unpaired) electrons. The lowest BCUT2D eigenvalue weighted by Gasteiger charge is -2.18. The van der Waals surface area contributed by atoms with Crippen LogP contribution in [0.2, 0.25) is 40.2 Å². The molecule has 2 aromatic rings. The Balaban J connectivity index is 2.93. The van der Waals surface area contributed by atoms with E-state index in [1.807, 2.05) is 0 Å². The van der Waals surface area contributed by atoms with E-state index in [0.717, 1.165) is 0 Å². The number of alkyl halides is 2. The van der Waals surface area contributed by atoms with Crippen LogP contribution >= 0.6 is 116 Å². The van der Waals surface area contributed by atoms with E-state index < -0.39 is 10.8 Å². The highest BCUT2D eigenvalue weighted by molar-refractivity contribution is 7.85. The zero-order chi connectivity index (χ0) is 19.9. The Morgan fingerprint density at radius 3 is 1.04 bits per heavy atom. The third-order valence-electron chi connectivity index (χ3n) is 3.27. The molecule has 0 aliphatic carbocycles. The molecule has 0 aliphatic rings. The number of benzene rings is 2. The van der Waals surface area contributed by atoms with Gasteiger partial charge < -0.3 is 0 Å². The Labute approximate surface area is 202 Å². The van der Waals surface area contributed by atoms with E-state index in [1.165, 1.54) is 0 Å². The Kier molecular flexibility index (Phi) is 8.71. The standard InChI is InChI=1S/C14H4Cl10OS/c15-1-3-5(17)7(19)9(21)11(23)13(3)26(25)14-4(2-16)6(18)8(20)10(22)12(14)24/h1-2H2. The molecular formula is C14H4Cl10OS. The van der Waals surface area contributed by atoms with Gasteiger partial charge in [-0.2, -0.15) is 0 Å². The molecule has 0 atom stereocenters. The SMILES string of the molecule is O=S(c1c(Cl)c(Cl)c(Cl)c(Cl)c1CCl)c1c(Cl)c(Cl)c(Cl)c(Cl)c1CCl. The molecule has 0 spiro atoms. The van der Waals surface area contributed by atoms with Gasteiger partial charge in [0.1, 0.15) is 0 Å². The fourth-order valence-corrected chi connectivity index (χ4v) is 6.96. The van der Waals surface area contributed by atoms with Crippen molar-refractivity contribution in [2.24, 2.45) is 0 Å². The molecule has 0 saturated carbocycles. The predicted molar refractivity (Wildman–Crippen MR) is 117 cm³/mol. The molecule has 0 amide bonds. The van der Waals surface area contributed by atoms with Crippen LogP contribution in [0.4, 0.5) is 0 Å². The highest BCUT2D eigenvalue weighted by atomic mass is 35.5. The van der Waals surface area contributed by atoms with Crippen molar-refractivity contribution in [2.45, 2.75) is 21.6 Å². The van der Waals surface area contributed by atoms with Crippen LogP contribution in [0.15, 0.2) is 9.79 Å². The summed E-state index contributed by atoms with van der Waals surface area (Å²) in [6, 6.07) is 0. The van der Waals surface area contributed by atoms with Crippen molar-refractivity contribution in [3.8, 4) is 0 Å². The molecule has 1 nitrogen and oxygen atoms in total. The van der Waals surface area contributed by atoms with E-state index in [4.69, 9.17) is 116 Å². The topological polar surface area (TPSA) is 17.1 Å². The third-order valence-corrected chi connectivity index (χ3v) is 9.35. The molecule has 2 aromatic carbocycles. The molecule has 2 rings (SSSR count). The van der Waals surface area contributed by atoms with Crippen LogP contribution in [0.3, 0.4) is 0 Å². The smallest absolute Gasteiger partial charge is 0.0888 e. The van der Waals surface area contributed by atoms with Gasteiger partial charge in [-0.3, -0.25) is 0 Å². The first-order valence-corrected chi connectivity index (χ1v) is 11.6. The molecule has 0 saturated heterocycles. The average Bonchev–Trinajstić information content (AvgIpc) is 2.63. The summed E-state index contributed by atoms with van der Waals surface area (Å²) in [6.07, 6.45) is 0. The van der Waals surface area contributed by atoms with Gasteiger partial charge in [0.05, 0.1) is 72.5 Å². The normalized spacial score (nSPS) is 11.5. The third kappa shape index (κ3) is 4.04. The van der Waals surface area contributed by atoms with Gasteiger partial charge in [0.2, 0.25) is 0 Å². The Hall–Kier alpha value is 1.49. The van der Waals surface area contributed by atoms with Gasteiger partial charge in [0, 0.05) is 11.1 Å². The van der Waals surface area contributed by atoms with Gasteiger partial charge in [-0.1, -0.05) is 92.8 Å². The van der Waals surface area contributed by atoms with Crippen LogP contribution in [0, 0.1) is 0 Å². The second-order valence-corrected chi connectivity index (χ2v) is 9.58.